The summed E-state index contributed by atoms with van der Waals surface area (Å²) in [5.74, 6) is -3.08. The van der Waals surface area contributed by atoms with Crippen molar-refractivity contribution in [2.45, 2.75) is 76.5 Å². The number of hydrogen-bond acceptors (Lipinski definition) is 8. The first-order valence-corrected chi connectivity index (χ1v) is 9.20. The highest BCUT2D eigenvalue weighted by Gasteiger charge is 2.64. The minimum Gasteiger partial charge on any atom is -0.458 e. The van der Waals surface area contributed by atoms with E-state index in [2.05, 4.69) is 0 Å². The summed E-state index contributed by atoms with van der Waals surface area (Å²) in [7, 11) is 0. The van der Waals surface area contributed by atoms with E-state index in [4.69, 9.17) is 18.9 Å². The zero-order chi connectivity index (χ0) is 20.0. The smallest absolute Gasteiger partial charge is 0.339 e. The van der Waals surface area contributed by atoms with Crippen molar-refractivity contribution in [3.8, 4) is 0 Å². The summed E-state index contributed by atoms with van der Waals surface area (Å²) in [6, 6.07) is 0. The summed E-state index contributed by atoms with van der Waals surface area (Å²) in [4.78, 5) is 37.1. The molecule has 4 unspecified atom stereocenters. The van der Waals surface area contributed by atoms with Crippen molar-refractivity contribution in [3.63, 3.8) is 0 Å². The standard InChI is InChI=1S/C19H26O8/c1-5-24-9-12-15-13(25-11(2)20)8-18(4)14(21)6-7-17(3,23)10-19(15,27-18)26-16(12)22/h13,23H,5-10H2,1-4H3. The number of rotatable bonds is 4. The maximum Gasteiger partial charge on any atom is 0.339 e. The highest BCUT2D eigenvalue weighted by atomic mass is 16.7. The number of ketones is 1. The lowest BCUT2D eigenvalue weighted by molar-refractivity contribution is -0.284. The Labute approximate surface area is 157 Å². The third kappa shape index (κ3) is 3.53. The summed E-state index contributed by atoms with van der Waals surface area (Å²) in [6.45, 7) is 6.59. The molecule has 3 rings (SSSR count). The quantitative estimate of drug-likeness (QED) is 0.722. The fourth-order valence-corrected chi connectivity index (χ4v) is 4.20. The topological polar surface area (TPSA) is 108 Å². The Morgan fingerprint density at radius 2 is 2.04 bits per heavy atom. The van der Waals surface area contributed by atoms with Gasteiger partial charge < -0.3 is 24.1 Å². The molecule has 0 aliphatic carbocycles. The molecule has 150 valence electrons. The SMILES string of the molecule is CCOCC1=C2C(OC(C)=O)CC3(C)OC2(CC(C)(O)CCC3=O)OC1=O. The van der Waals surface area contributed by atoms with Crippen molar-refractivity contribution in [1.82, 2.24) is 0 Å². The van der Waals surface area contributed by atoms with Crippen LogP contribution in [0.3, 0.4) is 0 Å². The molecule has 0 amide bonds. The second kappa shape index (κ2) is 6.68. The summed E-state index contributed by atoms with van der Waals surface area (Å²) < 4.78 is 22.6. The highest BCUT2D eigenvalue weighted by molar-refractivity contribution is 5.94. The summed E-state index contributed by atoms with van der Waals surface area (Å²) in [6.07, 6.45) is -0.517. The second-order valence-corrected chi connectivity index (χ2v) is 7.90. The maximum absolute atomic E-state index is 12.8. The van der Waals surface area contributed by atoms with Gasteiger partial charge in [0, 0.05) is 32.8 Å². The van der Waals surface area contributed by atoms with Crippen LogP contribution in [0.15, 0.2) is 11.1 Å². The largest absolute Gasteiger partial charge is 0.458 e. The Kier molecular flexibility index (Phi) is 4.95. The highest BCUT2D eigenvalue weighted by Crippen LogP contribution is 2.52. The molecule has 27 heavy (non-hydrogen) atoms. The number of carbonyl (C=O) groups excluding carboxylic acids is 3. The Morgan fingerprint density at radius 1 is 1.33 bits per heavy atom. The number of fused-ring (bicyclic) bond motifs is 1. The average Bonchev–Trinajstić information content (AvgIpc) is 2.79. The van der Waals surface area contributed by atoms with Gasteiger partial charge in [0.25, 0.3) is 0 Å². The molecule has 8 nitrogen and oxygen atoms in total. The molecule has 0 aromatic rings. The molecule has 2 fully saturated rings. The third-order valence-corrected chi connectivity index (χ3v) is 5.38. The average molecular weight is 382 g/mol. The van der Waals surface area contributed by atoms with Gasteiger partial charge in [-0.15, -0.1) is 0 Å². The van der Waals surface area contributed by atoms with Gasteiger partial charge in [-0.05, 0) is 27.2 Å². The molecule has 1 N–H and O–H groups in total. The zero-order valence-corrected chi connectivity index (χ0v) is 16.1. The molecule has 3 aliphatic heterocycles. The van der Waals surface area contributed by atoms with E-state index in [9.17, 15) is 19.5 Å². The van der Waals surface area contributed by atoms with E-state index in [1.54, 1.807) is 20.8 Å². The van der Waals surface area contributed by atoms with Crippen molar-refractivity contribution in [1.29, 1.82) is 0 Å². The van der Waals surface area contributed by atoms with Gasteiger partial charge >= 0.3 is 11.9 Å². The lowest BCUT2D eigenvalue weighted by Gasteiger charge is -2.50. The van der Waals surface area contributed by atoms with E-state index in [1.807, 2.05) is 0 Å². The van der Waals surface area contributed by atoms with Gasteiger partial charge in [0.2, 0.25) is 5.79 Å². The minimum atomic E-state index is -1.66. The maximum atomic E-state index is 12.8. The van der Waals surface area contributed by atoms with Crippen LogP contribution in [0.2, 0.25) is 0 Å². The van der Waals surface area contributed by atoms with E-state index in [0.29, 0.717) is 12.2 Å². The van der Waals surface area contributed by atoms with E-state index in [-0.39, 0.29) is 43.6 Å². The van der Waals surface area contributed by atoms with E-state index in [1.165, 1.54) is 6.92 Å². The number of hydrogen-bond donors (Lipinski definition) is 1. The molecule has 1 spiro atoms. The summed E-state index contributed by atoms with van der Waals surface area (Å²) in [5, 5.41) is 10.8. The van der Waals surface area contributed by atoms with Gasteiger partial charge in [-0.25, -0.2) is 4.79 Å². The van der Waals surface area contributed by atoms with Crippen LogP contribution in [0.4, 0.5) is 0 Å². The van der Waals surface area contributed by atoms with Crippen LogP contribution in [-0.4, -0.2) is 59.1 Å². The number of carbonyl (C=O) groups is 3. The van der Waals surface area contributed by atoms with E-state index >= 15 is 0 Å². The van der Waals surface area contributed by atoms with Crippen LogP contribution in [-0.2, 0) is 33.3 Å². The first-order chi connectivity index (χ1) is 12.5. The predicted octanol–water partition coefficient (Wildman–Crippen LogP) is 1.19. The van der Waals surface area contributed by atoms with Crippen molar-refractivity contribution >= 4 is 17.7 Å². The van der Waals surface area contributed by atoms with Crippen molar-refractivity contribution in [2.24, 2.45) is 0 Å². The summed E-state index contributed by atoms with van der Waals surface area (Å²) in [5.41, 5.74) is -2.04. The molecule has 2 saturated heterocycles. The van der Waals surface area contributed by atoms with Gasteiger partial charge in [0.15, 0.2) is 5.78 Å². The zero-order valence-electron chi connectivity index (χ0n) is 16.1. The molecule has 3 aliphatic rings. The Bertz CT molecular complexity index is 708. The van der Waals surface area contributed by atoms with Crippen LogP contribution in [0.25, 0.3) is 0 Å². The Hall–Kier alpha value is -1.77. The second-order valence-electron chi connectivity index (χ2n) is 7.90. The lowest BCUT2D eigenvalue weighted by Crippen LogP contribution is -2.61. The normalized spacial score (nSPS) is 38.8. The van der Waals surface area contributed by atoms with Gasteiger partial charge in [-0.2, -0.15) is 0 Å². The molecule has 0 aromatic heterocycles. The monoisotopic (exact) mass is 382 g/mol. The van der Waals surface area contributed by atoms with Crippen LogP contribution in [0.5, 0.6) is 0 Å². The first kappa shape index (κ1) is 20.0. The molecule has 8 heteroatoms. The fourth-order valence-electron chi connectivity index (χ4n) is 4.20. The van der Waals surface area contributed by atoms with Crippen LogP contribution in [0.1, 0.15) is 53.4 Å². The number of aliphatic hydroxyl groups is 1. The predicted molar refractivity (Wildman–Crippen MR) is 91.5 cm³/mol. The van der Waals surface area contributed by atoms with Gasteiger partial charge in [0.05, 0.1) is 23.4 Å². The molecule has 3 heterocycles. The van der Waals surface area contributed by atoms with Crippen LogP contribution < -0.4 is 0 Å². The summed E-state index contributed by atoms with van der Waals surface area (Å²) >= 11 is 0. The number of esters is 2. The molecule has 0 aromatic carbocycles. The fraction of sp³-hybridized carbons (Fsp3) is 0.737. The third-order valence-electron chi connectivity index (χ3n) is 5.38. The minimum absolute atomic E-state index is 0.0274. The van der Waals surface area contributed by atoms with Crippen molar-refractivity contribution in [2.75, 3.05) is 13.2 Å². The molecule has 2 bridgehead atoms. The number of Topliss-reactive ketones (excluding diaryl/α,β-unsaturated/α-hetero) is 1. The van der Waals surface area contributed by atoms with Gasteiger partial charge in [0.1, 0.15) is 11.7 Å². The molecule has 4 atom stereocenters. The Morgan fingerprint density at radius 3 is 2.67 bits per heavy atom. The first-order valence-electron chi connectivity index (χ1n) is 9.20. The van der Waals surface area contributed by atoms with Gasteiger partial charge in [-0.3, -0.25) is 9.59 Å². The molecular formula is C19H26O8. The van der Waals surface area contributed by atoms with Crippen molar-refractivity contribution < 1.29 is 38.4 Å². The lowest BCUT2D eigenvalue weighted by atomic mass is 9.74. The number of ether oxygens (including phenoxy) is 4. The van der Waals surface area contributed by atoms with Crippen LogP contribution in [0, 0.1) is 0 Å². The van der Waals surface area contributed by atoms with Gasteiger partial charge in [-0.1, -0.05) is 0 Å². The van der Waals surface area contributed by atoms with Crippen LogP contribution >= 0.6 is 0 Å². The van der Waals surface area contributed by atoms with E-state index < -0.39 is 35.0 Å². The molecule has 0 radical (unpaired) electrons. The van der Waals surface area contributed by atoms with Crippen molar-refractivity contribution in [3.05, 3.63) is 11.1 Å². The molecular weight excluding hydrogens is 356 g/mol. The Balaban J connectivity index is 2.16. The molecule has 0 saturated carbocycles. The van der Waals surface area contributed by atoms with E-state index in [0.717, 1.165) is 0 Å².